The first-order chi connectivity index (χ1) is 13.0. The predicted octanol–water partition coefficient (Wildman–Crippen LogP) is 3.78. The zero-order valence-electron chi connectivity index (χ0n) is 15.3. The minimum absolute atomic E-state index is 0.169. The Balaban J connectivity index is 1.92. The van der Waals surface area contributed by atoms with Gasteiger partial charge in [0.15, 0.2) is 5.11 Å². The number of hydrogen-bond acceptors (Lipinski definition) is 5. The molecule has 0 saturated carbocycles. The molecule has 0 aliphatic rings. The van der Waals surface area contributed by atoms with Crippen molar-refractivity contribution in [2.75, 3.05) is 19.0 Å². The van der Waals surface area contributed by atoms with Crippen molar-refractivity contribution >= 4 is 34.9 Å². The first-order valence-corrected chi connectivity index (χ1v) is 8.98. The second-order valence-electron chi connectivity index (χ2n) is 5.71. The zero-order chi connectivity index (χ0) is 19.6. The monoisotopic (exact) mass is 386 g/mol. The van der Waals surface area contributed by atoms with E-state index in [-0.39, 0.29) is 11.0 Å². The van der Waals surface area contributed by atoms with Gasteiger partial charge in [-0.25, -0.2) is 4.79 Å². The van der Waals surface area contributed by atoms with Gasteiger partial charge in [-0.05, 0) is 55.0 Å². The Morgan fingerprint density at radius 2 is 1.78 bits per heavy atom. The summed E-state index contributed by atoms with van der Waals surface area (Å²) in [5.74, 6) is -0.0968. The van der Waals surface area contributed by atoms with E-state index in [0.29, 0.717) is 17.7 Å². The van der Waals surface area contributed by atoms with E-state index in [2.05, 4.69) is 22.3 Å². The number of esters is 1. The molecule has 142 valence electrons. The van der Waals surface area contributed by atoms with E-state index in [0.717, 1.165) is 24.3 Å². The van der Waals surface area contributed by atoms with E-state index in [9.17, 15) is 9.59 Å². The number of nitrogens with one attached hydrogen (secondary N) is 2. The lowest BCUT2D eigenvalue weighted by molar-refractivity contribution is 0.0600. The number of rotatable bonds is 7. The number of amides is 1. The van der Waals surface area contributed by atoms with E-state index < -0.39 is 5.97 Å². The van der Waals surface area contributed by atoms with Crippen molar-refractivity contribution in [3.05, 3.63) is 59.7 Å². The van der Waals surface area contributed by atoms with Gasteiger partial charge in [0.2, 0.25) is 0 Å². The summed E-state index contributed by atoms with van der Waals surface area (Å²) >= 11 is 5.19. The van der Waals surface area contributed by atoms with E-state index in [4.69, 9.17) is 17.0 Å². The van der Waals surface area contributed by atoms with Gasteiger partial charge >= 0.3 is 5.97 Å². The summed E-state index contributed by atoms with van der Waals surface area (Å²) in [4.78, 5) is 23.7. The van der Waals surface area contributed by atoms with Crippen molar-refractivity contribution in [3.8, 4) is 5.75 Å². The molecule has 0 unspecified atom stereocenters. The van der Waals surface area contributed by atoms with Gasteiger partial charge in [0.05, 0.1) is 19.3 Å². The molecule has 0 radical (unpaired) electrons. The summed E-state index contributed by atoms with van der Waals surface area (Å²) < 4.78 is 10.3. The molecule has 2 rings (SSSR count). The number of benzene rings is 2. The zero-order valence-corrected chi connectivity index (χ0v) is 16.1. The molecule has 0 bridgehead atoms. The summed E-state index contributed by atoms with van der Waals surface area (Å²) in [5, 5.41) is 5.73. The third-order valence-corrected chi connectivity index (χ3v) is 3.86. The first kappa shape index (κ1) is 20.4. The topological polar surface area (TPSA) is 76.7 Å². The lowest BCUT2D eigenvalue weighted by Gasteiger charge is -2.11. The average molecular weight is 386 g/mol. The van der Waals surface area contributed by atoms with Gasteiger partial charge in [0.25, 0.3) is 5.91 Å². The lowest BCUT2D eigenvalue weighted by atomic mass is 10.1. The van der Waals surface area contributed by atoms with Crippen LogP contribution in [-0.4, -0.2) is 30.7 Å². The van der Waals surface area contributed by atoms with E-state index in [1.807, 2.05) is 24.3 Å². The number of carbonyl (C=O) groups is 2. The summed E-state index contributed by atoms with van der Waals surface area (Å²) in [6, 6.07) is 13.5. The number of anilines is 1. The van der Waals surface area contributed by atoms with Crippen LogP contribution in [0.3, 0.4) is 0 Å². The fourth-order valence-corrected chi connectivity index (χ4v) is 2.42. The molecule has 0 spiro atoms. The molecule has 1 amide bonds. The lowest BCUT2D eigenvalue weighted by Crippen LogP contribution is -2.34. The van der Waals surface area contributed by atoms with Crippen molar-refractivity contribution in [2.45, 2.75) is 19.8 Å². The molecule has 2 N–H and O–H groups in total. The highest BCUT2D eigenvalue weighted by Crippen LogP contribution is 2.17. The Bertz CT molecular complexity index is 806. The molecule has 2 aromatic rings. The second kappa shape index (κ2) is 10.3. The van der Waals surface area contributed by atoms with Crippen molar-refractivity contribution in [2.24, 2.45) is 0 Å². The first-order valence-electron chi connectivity index (χ1n) is 8.57. The highest BCUT2D eigenvalue weighted by molar-refractivity contribution is 7.80. The molecule has 6 nitrogen and oxygen atoms in total. The number of methoxy groups -OCH3 is 1. The second-order valence-corrected chi connectivity index (χ2v) is 6.12. The molecule has 7 heteroatoms. The molecule has 0 atom stereocenters. The predicted molar refractivity (Wildman–Crippen MR) is 108 cm³/mol. The van der Waals surface area contributed by atoms with Crippen LogP contribution in [0.2, 0.25) is 0 Å². The standard InChI is InChI=1S/C20H22N2O4S/c1-3-4-12-26-17-7-5-6-16(13-17)21-20(27)22-18(23)14-8-10-15(11-9-14)19(24)25-2/h5-11,13H,3-4,12H2,1-2H3,(H2,21,22,23,27). The molecule has 0 fully saturated rings. The van der Waals surface area contributed by atoms with E-state index >= 15 is 0 Å². The van der Waals surface area contributed by atoms with E-state index in [1.165, 1.54) is 31.4 Å². The summed E-state index contributed by atoms with van der Waals surface area (Å²) in [7, 11) is 1.30. The highest BCUT2D eigenvalue weighted by atomic mass is 32.1. The summed E-state index contributed by atoms with van der Waals surface area (Å²) in [6.07, 6.45) is 2.05. The van der Waals surface area contributed by atoms with E-state index in [1.54, 1.807) is 0 Å². The van der Waals surface area contributed by atoms with Gasteiger partial charge in [0, 0.05) is 17.3 Å². The van der Waals surface area contributed by atoms with Crippen LogP contribution in [0.5, 0.6) is 5.75 Å². The summed E-state index contributed by atoms with van der Waals surface area (Å²) in [5.41, 5.74) is 1.47. The van der Waals surface area contributed by atoms with Crippen molar-refractivity contribution in [1.29, 1.82) is 0 Å². The maximum Gasteiger partial charge on any atom is 0.337 e. The van der Waals surface area contributed by atoms with Crippen LogP contribution < -0.4 is 15.4 Å². The maximum absolute atomic E-state index is 12.3. The van der Waals surface area contributed by atoms with Crippen LogP contribution in [0.15, 0.2) is 48.5 Å². The number of hydrogen-bond donors (Lipinski definition) is 2. The normalized spacial score (nSPS) is 10.0. The van der Waals surface area contributed by atoms with Crippen LogP contribution in [0.25, 0.3) is 0 Å². The number of unbranched alkanes of at least 4 members (excludes halogenated alkanes) is 1. The molecule has 0 heterocycles. The molecule has 0 aliphatic heterocycles. The Labute approximate surface area is 163 Å². The van der Waals surface area contributed by atoms with Gasteiger partial charge < -0.3 is 14.8 Å². The molecule has 0 aromatic heterocycles. The smallest absolute Gasteiger partial charge is 0.337 e. The SMILES string of the molecule is CCCCOc1cccc(NC(=S)NC(=O)c2ccc(C(=O)OC)cc2)c1. The quantitative estimate of drug-likeness (QED) is 0.428. The Morgan fingerprint density at radius 1 is 1.07 bits per heavy atom. The minimum Gasteiger partial charge on any atom is -0.494 e. The summed E-state index contributed by atoms with van der Waals surface area (Å²) in [6.45, 7) is 2.76. The van der Waals surface area contributed by atoms with Gasteiger partial charge in [-0.3, -0.25) is 10.1 Å². The van der Waals surface area contributed by atoms with Gasteiger partial charge in [-0.1, -0.05) is 19.4 Å². The van der Waals surface area contributed by atoms with Crippen molar-refractivity contribution < 1.29 is 19.1 Å². The number of thiocarbonyl (C=S) groups is 1. The highest BCUT2D eigenvalue weighted by Gasteiger charge is 2.10. The third-order valence-electron chi connectivity index (χ3n) is 3.65. The molecular formula is C20H22N2O4S. The van der Waals surface area contributed by atoms with Crippen molar-refractivity contribution in [1.82, 2.24) is 5.32 Å². The Morgan fingerprint density at radius 3 is 2.44 bits per heavy atom. The molecule has 0 aliphatic carbocycles. The molecule has 27 heavy (non-hydrogen) atoms. The number of carbonyl (C=O) groups excluding carboxylic acids is 2. The largest absolute Gasteiger partial charge is 0.494 e. The molecule has 0 saturated heterocycles. The van der Waals surface area contributed by atoms with Crippen LogP contribution in [0, 0.1) is 0 Å². The number of ether oxygens (including phenoxy) is 2. The molecular weight excluding hydrogens is 364 g/mol. The fourth-order valence-electron chi connectivity index (χ4n) is 2.21. The fraction of sp³-hybridized carbons (Fsp3) is 0.250. The van der Waals surface area contributed by atoms with Crippen molar-refractivity contribution in [3.63, 3.8) is 0 Å². The third kappa shape index (κ3) is 6.38. The minimum atomic E-state index is -0.458. The molecule has 2 aromatic carbocycles. The Kier molecular flexibility index (Phi) is 7.76. The Hall–Kier alpha value is -2.93. The van der Waals surface area contributed by atoms with Gasteiger partial charge in [-0.2, -0.15) is 0 Å². The van der Waals surface area contributed by atoms with Gasteiger partial charge in [-0.15, -0.1) is 0 Å². The van der Waals surface area contributed by atoms with Crippen LogP contribution in [0.1, 0.15) is 40.5 Å². The maximum atomic E-state index is 12.3. The van der Waals surface area contributed by atoms with Crippen LogP contribution in [-0.2, 0) is 4.74 Å². The van der Waals surface area contributed by atoms with Gasteiger partial charge in [0.1, 0.15) is 5.75 Å². The van der Waals surface area contributed by atoms with Crippen LogP contribution in [0.4, 0.5) is 5.69 Å². The van der Waals surface area contributed by atoms with Crippen LogP contribution >= 0.6 is 12.2 Å². The average Bonchev–Trinajstić information content (AvgIpc) is 2.68.